The number of benzene rings is 1. The minimum Gasteiger partial charge on any atom is -0.481 e. The number of nitrogens with zero attached hydrogens (tertiary/aromatic N) is 1. The van der Waals surface area contributed by atoms with E-state index in [0.717, 1.165) is 0 Å². The molecule has 1 N–H and O–H groups in total. The zero-order valence-electron chi connectivity index (χ0n) is 8.43. The van der Waals surface area contributed by atoms with Gasteiger partial charge in [0, 0.05) is 11.6 Å². The largest absolute Gasteiger partial charge is 0.481 e. The molecule has 0 aromatic heterocycles. The topological polar surface area (TPSA) is 80.4 Å². The van der Waals surface area contributed by atoms with Gasteiger partial charge in [-0.2, -0.15) is 0 Å². The second-order valence-corrected chi connectivity index (χ2v) is 3.36. The summed E-state index contributed by atoms with van der Waals surface area (Å²) in [6.07, 6.45) is 0. The SMILES string of the molecule is Cc1cc(C(C)C(=O)O)ccc1[N+](=O)[O-]. The summed E-state index contributed by atoms with van der Waals surface area (Å²) >= 11 is 0. The number of hydrogen-bond acceptors (Lipinski definition) is 3. The number of carbonyl (C=O) groups is 1. The molecule has 5 nitrogen and oxygen atoms in total. The molecule has 0 radical (unpaired) electrons. The quantitative estimate of drug-likeness (QED) is 0.610. The van der Waals surface area contributed by atoms with Crippen molar-refractivity contribution < 1.29 is 14.8 Å². The van der Waals surface area contributed by atoms with E-state index in [1.54, 1.807) is 13.8 Å². The molecule has 80 valence electrons. The molecule has 0 saturated heterocycles. The molecular weight excluding hydrogens is 198 g/mol. The lowest BCUT2D eigenvalue weighted by molar-refractivity contribution is -0.385. The zero-order chi connectivity index (χ0) is 11.6. The van der Waals surface area contributed by atoms with Crippen LogP contribution in [0, 0.1) is 17.0 Å². The molecule has 0 fully saturated rings. The number of aliphatic carboxylic acids is 1. The molecule has 0 heterocycles. The van der Waals surface area contributed by atoms with Crippen molar-refractivity contribution in [2.75, 3.05) is 0 Å². The molecule has 15 heavy (non-hydrogen) atoms. The van der Waals surface area contributed by atoms with Gasteiger partial charge in [0.1, 0.15) is 0 Å². The van der Waals surface area contributed by atoms with Gasteiger partial charge in [-0.3, -0.25) is 14.9 Å². The van der Waals surface area contributed by atoms with Crippen molar-refractivity contribution in [3.8, 4) is 0 Å². The normalized spacial score (nSPS) is 12.1. The molecule has 1 unspecified atom stereocenters. The summed E-state index contributed by atoms with van der Waals surface area (Å²) in [5.74, 6) is -1.59. The average Bonchev–Trinajstić information content (AvgIpc) is 2.15. The Hall–Kier alpha value is -1.91. The smallest absolute Gasteiger partial charge is 0.310 e. The van der Waals surface area contributed by atoms with Crippen molar-refractivity contribution in [1.29, 1.82) is 0 Å². The first-order valence-corrected chi connectivity index (χ1v) is 4.41. The highest BCUT2D eigenvalue weighted by atomic mass is 16.6. The Morgan fingerprint density at radius 2 is 2.13 bits per heavy atom. The van der Waals surface area contributed by atoms with E-state index in [2.05, 4.69) is 0 Å². The Morgan fingerprint density at radius 1 is 1.53 bits per heavy atom. The fraction of sp³-hybridized carbons (Fsp3) is 0.300. The summed E-state index contributed by atoms with van der Waals surface area (Å²) in [6, 6.07) is 4.35. The van der Waals surface area contributed by atoms with Gasteiger partial charge in [-0.15, -0.1) is 0 Å². The van der Waals surface area contributed by atoms with Crippen LogP contribution in [0.15, 0.2) is 18.2 Å². The van der Waals surface area contributed by atoms with E-state index in [1.165, 1.54) is 18.2 Å². The first-order chi connectivity index (χ1) is 6.93. The van der Waals surface area contributed by atoms with Crippen LogP contribution in [0.5, 0.6) is 0 Å². The molecule has 1 atom stereocenters. The van der Waals surface area contributed by atoms with Crippen molar-refractivity contribution in [1.82, 2.24) is 0 Å². The van der Waals surface area contributed by atoms with Crippen LogP contribution in [0.4, 0.5) is 5.69 Å². The fourth-order valence-corrected chi connectivity index (χ4v) is 1.30. The molecule has 0 aliphatic carbocycles. The maximum Gasteiger partial charge on any atom is 0.310 e. The molecule has 0 spiro atoms. The second-order valence-electron chi connectivity index (χ2n) is 3.36. The summed E-state index contributed by atoms with van der Waals surface area (Å²) in [7, 11) is 0. The number of carboxylic acids is 1. The molecule has 1 aromatic rings. The van der Waals surface area contributed by atoms with E-state index in [9.17, 15) is 14.9 Å². The summed E-state index contributed by atoms with van der Waals surface area (Å²) < 4.78 is 0. The predicted octanol–water partition coefficient (Wildman–Crippen LogP) is 2.09. The van der Waals surface area contributed by atoms with Crippen molar-refractivity contribution >= 4 is 11.7 Å². The lowest BCUT2D eigenvalue weighted by Crippen LogP contribution is -2.07. The van der Waals surface area contributed by atoms with E-state index in [-0.39, 0.29) is 5.69 Å². The first kappa shape index (κ1) is 11.2. The van der Waals surface area contributed by atoms with Gasteiger partial charge in [-0.1, -0.05) is 6.07 Å². The maximum absolute atomic E-state index is 10.7. The van der Waals surface area contributed by atoms with Gasteiger partial charge >= 0.3 is 5.97 Å². The minimum absolute atomic E-state index is 0.0105. The third-order valence-electron chi connectivity index (χ3n) is 2.29. The van der Waals surface area contributed by atoms with E-state index in [1.807, 2.05) is 0 Å². The highest BCUT2D eigenvalue weighted by molar-refractivity contribution is 5.75. The number of nitro groups is 1. The molecule has 5 heteroatoms. The molecule has 0 saturated carbocycles. The van der Waals surface area contributed by atoms with Gasteiger partial charge in [0.25, 0.3) is 5.69 Å². The molecule has 1 rings (SSSR count). The zero-order valence-corrected chi connectivity index (χ0v) is 8.43. The number of hydrogen-bond donors (Lipinski definition) is 1. The van der Waals surface area contributed by atoms with Gasteiger partial charge in [0.2, 0.25) is 0 Å². The highest BCUT2D eigenvalue weighted by Gasteiger charge is 2.17. The van der Waals surface area contributed by atoms with E-state index in [4.69, 9.17) is 5.11 Å². The van der Waals surface area contributed by atoms with E-state index < -0.39 is 16.8 Å². The Kier molecular flexibility index (Phi) is 3.04. The fourth-order valence-electron chi connectivity index (χ4n) is 1.30. The standard InChI is InChI=1S/C10H11NO4/c1-6-5-8(7(2)10(12)13)3-4-9(6)11(14)15/h3-5,7H,1-2H3,(H,12,13). The van der Waals surface area contributed by atoms with Gasteiger partial charge in [0.05, 0.1) is 10.8 Å². The average molecular weight is 209 g/mol. The number of nitro benzene ring substituents is 1. The van der Waals surface area contributed by atoms with Crippen LogP contribution in [-0.2, 0) is 4.79 Å². The monoisotopic (exact) mass is 209 g/mol. The predicted molar refractivity (Wildman–Crippen MR) is 53.9 cm³/mol. The molecule has 0 aliphatic rings. The van der Waals surface area contributed by atoms with Gasteiger partial charge in [-0.25, -0.2) is 0 Å². The van der Waals surface area contributed by atoms with Crippen molar-refractivity contribution in [3.05, 3.63) is 39.4 Å². The highest BCUT2D eigenvalue weighted by Crippen LogP contribution is 2.23. The van der Waals surface area contributed by atoms with Crippen LogP contribution in [0.25, 0.3) is 0 Å². The van der Waals surface area contributed by atoms with Crippen LogP contribution in [-0.4, -0.2) is 16.0 Å². The summed E-state index contributed by atoms with van der Waals surface area (Å²) in [5.41, 5.74) is 1.06. The second kappa shape index (κ2) is 4.08. The summed E-state index contributed by atoms with van der Waals surface area (Å²) in [4.78, 5) is 20.7. The number of rotatable bonds is 3. The van der Waals surface area contributed by atoms with E-state index >= 15 is 0 Å². The molecule has 0 bridgehead atoms. The van der Waals surface area contributed by atoms with Crippen molar-refractivity contribution in [2.24, 2.45) is 0 Å². The number of carboxylic acid groups (broad SMARTS) is 1. The molecular formula is C10H11NO4. The van der Waals surface area contributed by atoms with Crippen LogP contribution in [0.3, 0.4) is 0 Å². The van der Waals surface area contributed by atoms with Crippen LogP contribution in [0.2, 0.25) is 0 Å². The minimum atomic E-state index is -0.941. The van der Waals surface area contributed by atoms with Gasteiger partial charge in [0.15, 0.2) is 0 Å². The molecule has 1 aromatic carbocycles. The van der Waals surface area contributed by atoms with Gasteiger partial charge in [-0.05, 0) is 25.5 Å². The Balaban J connectivity index is 3.12. The Morgan fingerprint density at radius 3 is 2.53 bits per heavy atom. The summed E-state index contributed by atoms with van der Waals surface area (Å²) in [5, 5.41) is 19.3. The van der Waals surface area contributed by atoms with Crippen LogP contribution < -0.4 is 0 Å². The van der Waals surface area contributed by atoms with Gasteiger partial charge < -0.3 is 5.11 Å². The lowest BCUT2D eigenvalue weighted by atomic mass is 9.99. The van der Waals surface area contributed by atoms with Crippen molar-refractivity contribution in [2.45, 2.75) is 19.8 Å². The third-order valence-corrected chi connectivity index (χ3v) is 2.29. The lowest BCUT2D eigenvalue weighted by Gasteiger charge is -2.07. The Bertz CT molecular complexity index is 414. The maximum atomic E-state index is 10.7. The van der Waals surface area contributed by atoms with Crippen LogP contribution in [0.1, 0.15) is 24.0 Å². The van der Waals surface area contributed by atoms with Crippen LogP contribution >= 0.6 is 0 Å². The number of aryl methyl sites for hydroxylation is 1. The third kappa shape index (κ3) is 2.31. The molecule has 0 amide bonds. The summed E-state index contributed by atoms with van der Waals surface area (Å²) in [6.45, 7) is 3.14. The van der Waals surface area contributed by atoms with E-state index in [0.29, 0.717) is 11.1 Å². The first-order valence-electron chi connectivity index (χ1n) is 4.41. The Labute approximate surface area is 86.5 Å². The van der Waals surface area contributed by atoms with Crippen molar-refractivity contribution in [3.63, 3.8) is 0 Å². The molecule has 0 aliphatic heterocycles.